The summed E-state index contributed by atoms with van der Waals surface area (Å²) in [5, 5.41) is 2.78. The highest BCUT2D eigenvalue weighted by Crippen LogP contribution is 2.42. The topological polar surface area (TPSA) is 75.3 Å². The number of hydrogen-bond acceptors (Lipinski definition) is 7. The normalized spacial score (nSPS) is 13.3. The maximum atomic E-state index is 14.9. The van der Waals surface area contributed by atoms with E-state index in [1.807, 2.05) is 0 Å². The molecule has 7 nitrogen and oxygen atoms in total. The van der Waals surface area contributed by atoms with Crippen LogP contribution in [-0.2, 0) is 29.8 Å². The second-order valence-corrected chi connectivity index (χ2v) is 12.5. The van der Waals surface area contributed by atoms with Gasteiger partial charge in [0.05, 0.1) is 38.0 Å². The molecule has 0 fully saturated rings. The SMILES string of the molecule is COc1cc(F)c(C(C)C)cc1-c1ccc(C(F)(F)F)cc1CNC(C)C(OC(=O)Oc1c(OC)cccc1OC)c1cc(C(F)(F)F)cc(C(F)(F)F)c1. The Balaban J connectivity index is 1.83. The summed E-state index contributed by atoms with van der Waals surface area (Å²) in [6.45, 7) is 4.08. The standard InChI is InChI=1S/C38H35F10NO6/c1-19(2)27-16-28(32(53-6)17-29(27)39)26-11-10-23(36(40,41)42)14-22(26)18-49-20(3)33(21-12-24(37(43,44)45)15-25(13-21)38(46,47)48)54-35(50)55-34-30(51-4)8-7-9-31(34)52-5/h7-17,19-20,33,49H,18H2,1-6H3. The first-order valence-electron chi connectivity index (χ1n) is 16.3. The van der Waals surface area contributed by atoms with Gasteiger partial charge in [0.2, 0.25) is 5.75 Å². The van der Waals surface area contributed by atoms with Gasteiger partial charge in [0, 0.05) is 24.2 Å². The Morgan fingerprint density at radius 3 is 1.71 bits per heavy atom. The number of carbonyl (C=O) groups excluding carboxylic acids is 1. The molecule has 0 aliphatic heterocycles. The summed E-state index contributed by atoms with van der Waals surface area (Å²) in [5.41, 5.74) is -4.86. The van der Waals surface area contributed by atoms with E-state index in [-0.39, 0.29) is 57.2 Å². The number of halogens is 10. The summed E-state index contributed by atoms with van der Waals surface area (Å²) in [6, 6.07) is 8.52. The number of ether oxygens (including phenoxy) is 5. The molecule has 4 aromatic carbocycles. The average molecular weight is 792 g/mol. The zero-order valence-corrected chi connectivity index (χ0v) is 30.0. The second-order valence-electron chi connectivity index (χ2n) is 12.5. The average Bonchev–Trinajstić information content (AvgIpc) is 3.11. The molecule has 1 N–H and O–H groups in total. The quantitative estimate of drug-likeness (QED) is 0.0870. The molecule has 0 bridgehead atoms. The van der Waals surface area contributed by atoms with Crippen molar-refractivity contribution in [2.24, 2.45) is 0 Å². The van der Waals surface area contributed by atoms with Crippen LogP contribution in [-0.4, -0.2) is 33.5 Å². The molecule has 0 saturated carbocycles. The highest BCUT2D eigenvalue weighted by Gasteiger charge is 2.39. The molecule has 4 rings (SSSR count). The van der Waals surface area contributed by atoms with E-state index in [0.717, 1.165) is 24.3 Å². The molecule has 2 atom stereocenters. The third-order valence-corrected chi connectivity index (χ3v) is 8.46. The van der Waals surface area contributed by atoms with Crippen LogP contribution < -0.4 is 24.3 Å². The van der Waals surface area contributed by atoms with Gasteiger partial charge >= 0.3 is 24.7 Å². The van der Waals surface area contributed by atoms with E-state index in [1.54, 1.807) is 13.8 Å². The molecule has 0 amide bonds. The van der Waals surface area contributed by atoms with Crippen molar-refractivity contribution in [2.45, 2.75) is 63.9 Å². The van der Waals surface area contributed by atoms with Gasteiger partial charge in [0.25, 0.3) is 0 Å². The molecule has 0 aliphatic rings. The van der Waals surface area contributed by atoms with Gasteiger partial charge in [0.15, 0.2) is 11.5 Å². The molecule has 4 aromatic rings. The Morgan fingerprint density at radius 2 is 1.22 bits per heavy atom. The lowest BCUT2D eigenvalue weighted by Crippen LogP contribution is -2.35. The van der Waals surface area contributed by atoms with E-state index in [2.05, 4.69) is 5.32 Å². The number of alkyl halides is 9. The Morgan fingerprint density at radius 1 is 0.673 bits per heavy atom. The van der Waals surface area contributed by atoms with Crippen molar-refractivity contribution in [1.29, 1.82) is 0 Å². The van der Waals surface area contributed by atoms with Gasteiger partial charge in [-0.25, -0.2) is 9.18 Å². The minimum Gasteiger partial charge on any atom is -0.496 e. The van der Waals surface area contributed by atoms with E-state index in [4.69, 9.17) is 23.7 Å². The van der Waals surface area contributed by atoms with Crippen LogP contribution in [0.4, 0.5) is 48.7 Å². The van der Waals surface area contributed by atoms with Crippen LogP contribution in [0.25, 0.3) is 11.1 Å². The summed E-state index contributed by atoms with van der Waals surface area (Å²) < 4.78 is 167. The lowest BCUT2D eigenvalue weighted by atomic mass is 9.92. The van der Waals surface area contributed by atoms with Crippen LogP contribution in [0.5, 0.6) is 23.0 Å². The number of rotatable bonds is 12. The maximum Gasteiger partial charge on any atom is 0.514 e. The van der Waals surface area contributed by atoms with E-state index in [9.17, 15) is 48.7 Å². The Labute approximate surface area is 309 Å². The first-order valence-corrected chi connectivity index (χ1v) is 16.3. The number of carbonyl (C=O) groups is 1. The van der Waals surface area contributed by atoms with Crippen molar-refractivity contribution in [1.82, 2.24) is 5.32 Å². The van der Waals surface area contributed by atoms with E-state index in [0.29, 0.717) is 12.1 Å². The molecule has 0 radical (unpaired) electrons. The summed E-state index contributed by atoms with van der Waals surface area (Å²) in [6.07, 6.45) is -19.0. The lowest BCUT2D eigenvalue weighted by molar-refractivity contribution is -0.143. The van der Waals surface area contributed by atoms with Crippen molar-refractivity contribution >= 4 is 6.16 Å². The van der Waals surface area contributed by atoms with E-state index in [1.165, 1.54) is 52.5 Å². The molecular formula is C38H35F10NO6. The smallest absolute Gasteiger partial charge is 0.496 e. The maximum absolute atomic E-state index is 14.9. The summed E-state index contributed by atoms with van der Waals surface area (Å²) >= 11 is 0. The van der Waals surface area contributed by atoms with Gasteiger partial charge in [-0.1, -0.05) is 26.0 Å². The highest BCUT2D eigenvalue weighted by atomic mass is 19.4. The zero-order valence-electron chi connectivity index (χ0n) is 30.0. The predicted octanol–water partition coefficient (Wildman–Crippen LogP) is 11.1. The number of hydrogen-bond donors (Lipinski definition) is 1. The number of para-hydroxylation sites is 1. The second kappa shape index (κ2) is 16.7. The predicted molar refractivity (Wildman–Crippen MR) is 180 cm³/mol. The molecule has 0 heterocycles. The van der Waals surface area contributed by atoms with Crippen molar-refractivity contribution in [3.63, 3.8) is 0 Å². The van der Waals surface area contributed by atoms with Crippen LogP contribution in [0.2, 0.25) is 0 Å². The molecule has 298 valence electrons. The van der Waals surface area contributed by atoms with E-state index >= 15 is 0 Å². The van der Waals surface area contributed by atoms with Gasteiger partial charge in [0.1, 0.15) is 17.7 Å². The molecule has 0 aromatic heterocycles. The Kier molecular flexibility index (Phi) is 12.9. The number of methoxy groups -OCH3 is 3. The van der Waals surface area contributed by atoms with Crippen LogP contribution in [0, 0.1) is 5.82 Å². The number of benzene rings is 4. The molecule has 0 aliphatic carbocycles. The van der Waals surface area contributed by atoms with Crippen LogP contribution in [0.1, 0.15) is 66.2 Å². The fourth-order valence-electron chi connectivity index (χ4n) is 5.68. The zero-order chi connectivity index (χ0) is 41.0. The number of nitrogens with one attached hydrogen (secondary N) is 1. The highest BCUT2D eigenvalue weighted by molar-refractivity contribution is 5.75. The van der Waals surface area contributed by atoms with E-state index < -0.39 is 71.4 Å². The summed E-state index contributed by atoms with van der Waals surface area (Å²) in [7, 11) is 3.66. The van der Waals surface area contributed by atoms with Gasteiger partial charge in [-0.2, -0.15) is 39.5 Å². The first kappa shape index (κ1) is 42.6. The molecule has 0 spiro atoms. The van der Waals surface area contributed by atoms with Gasteiger partial charge in [-0.05, 0) is 83.6 Å². The minimum absolute atomic E-state index is 0.0321. The summed E-state index contributed by atoms with van der Waals surface area (Å²) in [4.78, 5) is 13.3. The monoisotopic (exact) mass is 791 g/mol. The molecule has 55 heavy (non-hydrogen) atoms. The van der Waals surface area contributed by atoms with Gasteiger partial charge < -0.3 is 29.0 Å². The molecule has 2 unspecified atom stereocenters. The molecule has 17 heteroatoms. The van der Waals surface area contributed by atoms with Gasteiger partial charge in [-0.3, -0.25) is 0 Å². The lowest BCUT2D eigenvalue weighted by Gasteiger charge is -2.27. The van der Waals surface area contributed by atoms with Gasteiger partial charge in [-0.15, -0.1) is 0 Å². The fraction of sp³-hybridized carbons (Fsp3) is 0.342. The molecule has 0 saturated heterocycles. The van der Waals surface area contributed by atoms with Crippen molar-refractivity contribution in [3.05, 3.63) is 106 Å². The van der Waals surface area contributed by atoms with Crippen LogP contribution in [0.3, 0.4) is 0 Å². The summed E-state index contributed by atoms with van der Waals surface area (Å²) in [5.74, 6) is -1.46. The molecular weight excluding hydrogens is 756 g/mol. The van der Waals surface area contributed by atoms with Crippen molar-refractivity contribution < 1.29 is 72.4 Å². The fourth-order valence-corrected chi connectivity index (χ4v) is 5.68. The third kappa shape index (κ3) is 10.1. The van der Waals surface area contributed by atoms with Crippen LogP contribution in [0.15, 0.2) is 66.7 Å². The first-order chi connectivity index (χ1) is 25.6. The largest absolute Gasteiger partial charge is 0.514 e. The Bertz CT molecular complexity index is 1940. The van der Waals surface area contributed by atoms with Crippen molar-refractivity contribution in [2.75, 3.05) is 21.3 Å². The minimum atomic E-state index is -5.28. The van der Waals surface area contributed by atoms with Crippen LogP contribution >= 0.6 is 0 Å². The van der Waals surface area contributed by atoms with Crippen molar-refractivity contribution in [3.8, 4) is 34.1 Å². The third-order valence-electron chi connectivity index (χ3n) is 8.46. The Hall–Kier alpha value is -5.19.